The molecule has 0 aliphatic carbocycles. The van der Waals surface area contributed by atoms with Crippen molar-refractivity contribution >= 4 is 39.3 Å². The molecule has 12 heteroatoms. The van der Waals surface area contributed by atoms with E-state index in [2.05, 4.69) is 20.2 Å². The average Bonchev–Trinajstić information content (AvgIpc) is 3.30. The molecule has 0 radical (unpaired) electrons. The van der Waals surface area contributed by atoms with E-state index in [9.17, 15) is 4.79 Å². The van der Waals surface area contributed by atoms with E-state index < -0.39 is 5.60 Å². The number of rotatable bonds is 5. The quantitative estimate of drug-likeness (QED) is 0.516. The van der Waals surface area contributed by atoms with Crippen LogP contribution in [0.2, 0.25) is 0 Å². The van der Waals surface area contributed by atoms with Gasteiger partial charge in [0.1, 0.15) is 5.60 Å². The lowest BCUT2D eigenvalue weighted by Crippen LogP contribution is -2.49. The predicted octanol–water partition coefficient (Wildman–Crippen LogP) is 3.23. The Balaban J connectivity index is 1.42. The van der Waals surface area contributed by atoms with Crippen molar-refractivity contribution in [2.45, 2.75) is 32.9 Å². The first-order valence-corrected chi connectivity index (χ1v) is 13.7. The Bertz CT molecular complexity index is 1290. The van der Waals surface area contributed by atoms with Gasteiger partial charge in [-0.3, -0.25) is 4.90 Å². The number of aromatic nitrogens is 3. The first-order chi connectivity index (χ1) is 18.2. The van der Waals surface area contributed by atoms with Gasteiger partial charge in [0.15, 0.2) is 0 Å². The third-order valence-electron chi connectivity index (χ3n) is 6.53. The topological polar surface area (TPSA) is 119 Å². The Hall–Kier alpha value is -3.22. The number of nitrogens with zero attached hydrogens (tertiary/aromatic N) is 6. The van der Waals surface area contributed by atoms with E-state index in [0.717, 1.165) is 59.8 Å². The summed E-state index contributed by atoms with van der Waals surface area (Å²) in [5, 5.41) is 2.16. The number of carbonyl (C=O) groups excluding carboxylic acids is 1. The molecule has 0 bridgehead atoms. The number of nitrogen functional groups attached to an aromatic ring is 1. The lowest BCUT2D eigenvalue weighted by molar-refractivity contribution is 0.0139. The van der Waals surface area contributed by atoms with Crippen LogP contribution in [0.5, 0.6) is 5.88 Å². The van der Waals surface area contributed by atoms with Gasteiger partial charge in [0.2, 0.25) is 11.8 Å². The second-order valence-corrected chi connectivity index (χ2v) is 11.4. The molecule has 1 amide bonds. The molecule has 11 nitrogen and oxygen atoms in total. The van der Waals surface area contributed by atoms with Gasteiger partial charge in [-0.1, -0.05) is 0 Å². The Morgan fingerprint density at radius 1 is 1.13 bits per heavy atom. The number of fused-ring (bicyclic) bond motifs is 1. The number of methoxy groups -OCH3 is 1. The third-order valence-corrected chi connectivity index (χ3v) is 7.56. The van der Waals surface area contributed by atoms with Crippen LogP contribution in [0.1, 0.15) is 26.3 Å². The summed E-state index contributed by atoms with van der Waals surface area (Å²) in [6.45, 7) is 12.0. The summed E-state index contributed by atoms with van der Waals surface area (Å²) in [6.07, 6.45) is 1.49. The average molecular weight is 542 g/mol. The van der Waals surface area contributed by atoms with Gasteiger partial charge in [-0.25, -0.2) is 19.7 Å². The van der Waals surface area contributed by atoms with Crippen molar-refractivity contribution in [3.05, 3.63) is 23.2 Å². The molecule has 5 heterocycles. The normalized spacial score (nSPS) is 17.2. The zero-order valence-corrected chi connectivity index (χ0v) is 23.2. The number of piperazine rings is 1. The van der Waals surface area contributed by atoms with Crippen LogP contribution in [-0.2, 0) is 16.0 Å². The fourth-order valence-corrected chi connectivity index (χ4v) is 5.60. The van der Waals surface area contributed by atoms with Crippen LogP contribution in [0.3, 0.4) is 0 Å². The summed E-state index contributed by atoms with van der Waals surface area (Å²) < 4.78 is 17.3. The van der Waals surface area contributed by atoms with Crippen LogP contribution in [0, 0.1) is 0 Å². The number of hydrogen-bond donors (Lipinski definition) is 1. The summed E-state index contributed by atoms with van der Waals surface area (Å²) in [7, 11) is 1.55. The zero-order valence-electron chi connectivity index (χ0n) is 22.4. The number of anilines is 2. The Morgan fingerprint density at radius 2 is 1.87 bits per heavy atom. The van der Waals surface area contributed by atoms with Crippen LogP contribution >= 0.6 is 11.3 Å². The lowest BCUT2D eigenvalue weighted by atomic mass is 10.1. The summed E-state index contributed by atoms with van der Waals surface area (Å²) in [5.74, 6) is 1.07. The van der Waals surface area contributed by atoms with E-state index in [0.29, 0.717) is 43.8 Å². The van der Waals surface area contributed by atoms with Crippen molar-refractivity contribution in [2.24, 2.45) is 0 Å². The summed E-state index contributed by atoms with van der Waals surface area (Å²) >= 11 is 1.63. The van der Waals surface area contributed by atoms with E-state index in [1.54, 1.807) is 29.5 Å². The molecule has 0 aromatic carbocycles. The van der Waals surface area contributed by atoms with Crippen molar-refractivity contribution in [1.82, 2.24) is 24.8 Å². The summed E-state index contributed by atoms with van der Waals surface area (Å²) in [4.78, 5) is 33.1. The van der Waals surface area contributed by atoms with Crippen LogP contribution in [-0.4, -0.2) is 96.0 Å². The van der Waals surface area contributed by atoms with Gasteiger partial charge < -0.3 is 29.7 Å². The number of thiophene rings is 1. The van der Waals surface area contributed by atoms with Crippen LogP contribution < -0.4 is 15.4 Å². The molecule has 38 heavy (non-hydrogen) atoms. The fourth-order valence-electron chi connectivity index (χ4n) is 4.59. The number of ether oxygens (including phenoxy) is 3. The van der Waals surface area contributed by atoms with Crippen molar-refractivity contribution < 1.29 is 19.0 Å². The standard InChI is InChI=1S/C26H35N7O4S/c1-26(2,3)37-25(34)33-7-5-31(6-8-33)15-18-16-38-22-20(17-13-19(27)23(35-4)28-14-17)29-24(30-21(18)22)32-9-11-36-12-10-32/h13-14,16H,5-12,15,27H2,1-4H3. The molecule has 0 atom stereocenters. The Kier molecular flexibility index (Phi) is 7.55. The van der Waals surface area contributed by atoms with E-state index >= 15 is 0 Å². The largest absolute Gasteiger partial charge is 0.480 e. The molecule has 3 aromatic heterocycles. The van der Waals surface area contributed by atoms with Gasteiger partial charge in [0, 0.05) is 63.1 Å². The Morgan fingerprint density at radius 3 is 2.53 bits per heavy atom. The summed E-state index contributed by atoms with van der Waals surface area (Å²) in [5.41, 5.74) is 9.87. The molecule has 2 N–H and O–H groups in total. The number of carbonyl (C=O) groups is 1. The number of pyridine rings is 1. The molecule has 2 fully saturated rings. The minimum absolute atomic E-state index is 0.252. The molecule has 0 spiro atoms. The second kappa shape index (κ2) is 10.9. The lowest BCUT2D eigenvalue weighted by Gasteiger charge is -2.35. The molecular formula is C26H35N7O4S. The van der Waals surface area contributed by atoms with E-state index in [1.807, 2.05) is 26.8 Å². The smallest absolute Gasteiger partial charge is 0.410 e. The van der Waals surface area contributed by atoms with Gasteiger partial charge in [0.25, 0.3) is 0 Å². The fraction of sp³-hybridized carbons (Fsp3) is 0.538. The van der Waals surface area contributed by atoms with Gasteiger partial charge in [-0.2, -0.15) is 0 Å². The second-order valence-electron chi connectivity index (χ2n) is 10.5. The molecule has 2 aliphatic rings. The molecule has 0 saturated carbocycles. The summed E-state index contributed by atoms with van der Waals surface area (Å²) in [6, 6.07) is 1.85. The van der Waals surface area contributed by atoms with Gasteiger partial charge in [-0.05, 0) is 32.2 Å². The monoisotopic (exact) mass is 541 g/mol. The minimum Gasteiger partial charge on any atom is -0.480 e. The van der Waals surface area contributed by atoms with Crippen LogP contribution in [0.15, 0.2) is 17.6 Å². The molecular weight excluding hydrogens is 506 g/mol. The Labute approximate surface area is 226 Å². The third kappa shape index (κ3) is 5.77. The molecule has 204 valence electrons. The van der Waals surface area contributed by atoms with E-state index in [-0.39, 0.29) is 6.09 Å². The number of hydrogen-bond acceptors (Lipinski definition) is 11. The highest BCUT2D eigenvalue weighted by Crippen LogP contribution is 2.36. The van der Waals surface area contributed by atoms with E-state index in [4.69, 9.17) is 29.9 Å². The maximum atomic E-state index is 12.5. The van der Waals surface area contributed by atoms with Crippen LogP contribution in [0.4, 0.5) is 16.4 Å². The molecule has 2 aliphatic heterocycles. The predicted molar refractivity (Wildman–Crippen MR) is 148 cm³/mol. The highest BCUT2D eigenvalue weighted by molar-refractivity contribution is 7.17. The molecule has 5 rings (SSSR count). The zero-order chi connectivity index (χ0) is 26.9. The first-order valence-electron chi connectivity index (χ1n) is 12.8. The van der Waals surface area contributed by atoms with Gasteiger partial charge in [0.05, 0.1) is 41.9 Å². The highest BCUT2D eigenvalue weighted by atomic mass is 32.1. The molecule has 0 unspecified atom stereocenters. The SMILES string of the molecule is COc1ncc(-c2nc(N3CCOCC3)nc3c(CN4CCN(C(=O)OC(C)(C)C)CC4)csc23)cc1N. The first kappa shape index (κ1) is 26.4. The van der Waals surface area contributed by atoms with Gasteiger partial charge in [-0.15, -0.1) is 11.3 Å². The maximum absolute atomic E-state index is 12.5. The number of amides is 1. The van der Waals surface area contributed by atoms with Crippen molar-refractivity contribution in [3.63, 3.8) is 0 Å². The maximum Gasteiger partial charge on any atom is 0.410 e. The minimum atomic E-state index is -0.497. The van der Waals surface area contributed by atoms with Gasteiger partial charge >= 0.3 is 6.09 Å². The van der Waals surface area contributed by atoms with Crippen molar-refractivity contribution in [3.8, 4) is 17.1 Å². The van der Waals surface area contributed by atoms with Crippen molar-refractivity contribution in [2.75, 3.05) is 70.2 Å². The van der Waals surface area contributed by atoms with E-state index in [1.165, 1.54) is 0 Å². The van der Waals surface area contributed by atoms with Crippen molar-refractivity contribution in [1.29, 1.82) is 0 Å². The number of nitrogens with two attached hydrogens (primary N) is 1. The molecule has 3 aromatic rings. The highest BCUT2D eigenvalue weighted by Gasteiger charge is 2.27. The number of morpholine rings is 1. The molecule has 2 saturated heterocycles. The van der Waals surface area contributed by atoms with Crippen LogP contribution in [0.25, 0.3) is 21.5 Å².